The Labute approximate surface area is 483 Å². The van der Waals surface area contributed by atoms with Crippen LogP contribution in [0, 0.1) is 0 Å². The Morgan fingerprint density at radius 1 is 0.449 bits per heavy atom. The summed E-state index contributed by atoms with van der Waals surface area (Å²) in [5.41, 5.74) is 0. The molecule has 9 nitrogen and oxygen atoms in total. The van der Waals surface area contributed by atoms with Crippen LogP contribution in [-0.4, -0.2) is 69.4 Å². The second-order valence-electron chi connectivity index (χ2n) is 23.6. The number of likely N-dealkylation sites (N-methyl/N-ethyl adjacent to an activating group) is 1. The lowest BCUT2D eigenvalue weighted by Crippen LogP contribution is -2.47. The Kier molecular flexibility index (Phi) is 56.2. The van der Waals surface area contributed by atoms with E-state index in [1.807, 2.05) is 33.3 Å². The largest absolute Gasteiger partial charge is 0.756 e. The van der Waals surface area contributed by atoms with Gasteiger partial charge in [-0.3, -0.25) is 14.2 Å². The predicted molar refractivity (Wildman–Crippen MR) is 335 cm³/mol. The van der Waals surface area contributed by atoms with Gasteiger partial charge in [0.15, 0.2) is 0 Å². The molecule has 0 radical (unpaired) electrons. The van der Waals surface area contributed by atoms with Gasteiger partial charge in [-0.1, -0.05) is 281 Å². The zero-order valence-electron chi connectivity index (χ0n) is 52.1. The van der Waals surface area contributed by atoms with Gasteiger partial charge >= 0.3 is 5.97 Å². The van der Waals surface area contributed by atoms with Gasteiger partial charge in [-0.05, 0) is 76.7 Å². The Morgan fingerprint density at radius 2 is 0.782 bits per heavy atom. The highest BCUT2D eigenvalue weighted by Crippen LogP contribution is 2.38. The molecule has 0 aromatic heterocycles. The molecule has 456 valence electrons. The third-order valence-corrected chi connectivity index (χ3v) is 15.7. The van der Waals surface area contributed by atoms with Gasteiger partial charge in [0.1, 0.15) is 19.3 Å². The van der Waals surface area contributed by atoms with Crippen molar-refractivity contribution in [3.8, 4) is 0 Å². The summed E-state index contributed by atoms with van der Waals surface area (Å²) >= 11 is 0. The van der Waals surface area contributed by atoms with Gasteiger partial charge in [0.2, 0.25) is 5.91 Å². The van der Waals surface area contributed by atoms with E-state index in [0.717, 1.165) is 89.9 Å². The Hall–Kier alpha value is -2.29. The summed E-state index contributed by atoms with van der Waals surface area (Å²) in [6.45, 7) is 6.84. The normalized spacial score (nSPS) is 14.0. The van der Waals surface area contributed by atoms with Gasteiger partial charge in [0, 0.05) is 12.8 Å². The summed E-state index contributed by atoms with van der Waals surface area (Å²) in [5.74, 6) is -0.543. The highest BCUT2D eigenvalue weighted by molar-refractivity contribution is 7.45. The number of hydrogen-bond acceptors (Lipinski definition) is 7. The van der Waals surface area contributed by atoms with Crippen LogP contribution in [0.1, 0.15) is 310 Å². The number of quaternary nitrogens is 1. The number of allylic oxidation sites excluding steroid dienone is 9. The van der Waals surface area contributed by atoms with Crippen molar-refractivity contribution in [2.24, 2.45) is 0 Å². The number of ether oxygens (including phenoxy) is 1. The van der Waals surface area contributed by atoms with E-state index in [1.54, 1.807) is 0 Å². The lowest BCUT2D eigenvalue weighted by molar-refractivity contribution is -0.870. The lowest BCUT2D eigenvalue weighted by Gasteiger charge is -2.30. The minimum absolute atomic E-state index is 0.0246. The smallest absolute Gasteiger partial charge is 0.306 e. The molecule has 0 rings (SSSR count). The summed E-state index contributed by atoms with van der Waals surface area (Å²) in [7, 11) is 1.18. The quantitative estimate of drug-likeness (QED) is 0.0212. The molecule has 0 aromatic rings. The third kappa shape index (κ3) is 58.4. The molecule has 0 bridgehead atoms. The SMILES string of the molecule is CCCCC/C=C\C/C=C\C/C=C\C/C=C\CCCCCCCCCC(=O)NC(COP(=O)([O-])OCC[N+](C)(C)C)C(/C=C\CCCCCCCCCCCC)OC(=O)CCCCCCCCCCCCCCCCCCC. The topological polar surface area (TPSA) is 114 Å². The van der Waals surface area contributed by atoms with Crippen molar-refractivity contribution in [1.82, 2.24) is 5.32 Å². The van der Waals surface area contributed by atoms with Gasteiger partial charge in [-0.2, -0.15) is 0 Å². The van der Waals surface area contributed by atoms with Crippen molar-refractivity contribution in [1.29, 1.82) is 0 Å². The number of amides is 1. The van der Waals surface area contributed by atoms with Crippen LogP contribution in [0.5, 0.6) is 0 Å². The first-order chi connectivity index (χ1) is 37.9. The summed E-state index contributed by atoms with van der Waals surface area (Å²) in [5, 5.41) is 3.03. The zero-order valence-corrected chi connectivity index (χ0v) is 53.0. The molecule has 0 spiro atoms. The number of hydrogen-bond donors (Lipinski definition) is 1. The standard InChI is InChI=1S/C68H127N2O7P/c1-7-10-13-16-19-22-25-28-30-32-33-34-35-36-37-39-40-42-45-48-51-54-57-60-67(71)69-65(64-76-78(73,74)75-63-62-70(4,5)6)66(59-56-53-50-47-44-27-24-21-18-15-12-9-3)77-68(72)61-58-55-52-49-46-43-41-38-31-29-26-23-20-17-14-11-8-2/h19,22,28,30,33-34,36-37,56,59,65-66H,7-18,20-21,23-27,29,31-32,35,38-55,57-58,60-64H2,1-6H3,(H-,69,71,73,74)/b22-19-,30-28-,34-33-,37-36-,59-56-. The minimum Gasteiger partial charge on any atom is -0.756 e. The summed E-state index contributed by atoms with van der Waals surface area (Å²) < 4.78 is 30.4. The van der Waals surface area contributed by atoms with Crippen LogP contribution in [0.2, 0.25) is 0 Å². The monoisotopic (exact) mass is 1110 g/mol. The van der Waals surface area contributed by atoms with Crippen molar-refractivity contribution < 1.29 is 37.3 Å². The number of nitrogens with zero attached hydrogens (tertiary/aromatic N) is 1. The molecule has 0 aliphatic heterocycles. The zero-order chi connectivity index (χ0) is 57.2. The molecule has 3 atom stereocenters. The van der Waals surface area contributed by atoms with E-state index in [0.29, 0.717) is 17.4 Å². The molecule has 0 aliphatic carbocycles. The Balaban J connectivity index is 5.18. The summed E-state index contributed by atoms with van der Waals surface area (Å²) in [6.07, 6.45) is 73.3. The molecule has 0 saturated heterocycles. The van der Waals surface area contributed by atoms with E-state index >= 15 is 0 Å². The van der Waals surface area contributed by atoms with E-state index in [2.05, 4.69) is 74.7 Å². The van der Waals surface area contributed by atoms with Crippen molar-refractivity contribution in [2.45, 2.75) is 322 Å². The Bertz CT molecular complexity index is 1520. The first-order valence-corrected chi connectivity index (χ1v) is 34.6. The molecule has 78 heavy (non-hydrogen) atoms. The Morgan fingerprint density at radius 3 is 1.19 bits per heavy atom. The second kappa shape index (κ2) is 57.9. The maximum absolute atomic E-state index is 13.6. The molecular formula is C68H127N2O7P. The molecule has 3 unspecified atom stereocenters. The molecule has 10 heteroatoms. The fourth-order valence-electron chi connectivity index (χ4n) is 9.57. The fourth-order valence-corrected chi connectivity index (χ4v) is 10.3. The first kappa shape index (κ1) is 75.7. The number of phosphoric acid groups is 1. The third-order valence-electron chi connectivity index (χ3n) is 14.7. The average molecular weight is 1120 g/mol. The summed E-state index contributed by atoms with van der Waals surface area (Å²) in [4.78, 5) is 40.1. The molecule has 0 aliphatic rings. The molecule has 0 fully saturated rings. The van der Waals surface area contributed by atoms with E-state index < -0.39 is 26.6 Å². The number of phosphoric ester groups is 1. The second-order valence-corrected chi connectivity index (χ2v) is 25.0. The highest BCUT2D eigenvalue weighted by atomic mass is 31.2. The fraction of sp³-hybridized carbons (Fsp3) is 0.824. The maximum atomic E-state index is 13.6. The van der Waals surface area contributed by atoms with E-state index in [4.69, 9.17) is 13.8 Å². The van der Waals surface area contributed by atoms with Gasteiger partial charge < -0.3 is 28.5 Å². The van der Waals surface area contributed by atoms with Crippen LogP contribution in [0.15, 0.2) is 60.8 Å². The number of esters is 1. The first-order valence-electron chi connectivity index (χ1n) is 33.1. The number of rotatable bonds is 60. The van der Waals surface area contributed by atoms with Gasteiger partial charge in [0.25, 0.3) is 7.82 Å². The van der Waals surface area contributed by atoms with E-state index in [-0.39, 0.29) is 24.9 Å². The highest BCUT2D eigenvalue weighted by Gasteiger charge is 2.27. The lowest BCUT2D eigenvalue weighted by atomic mass is 10.0. The van der Waals surface area contributed by atoms with Crippen molar-refractivity contribution in [2.75, 3.05) is 40.9 Å². The maximum Gasteiger partial charge on any atom is 0.306 e. The van der Waals surface area contributed by atoms with Crippen LogP contribution in [0.4, 0.5) is 0 Å². The predicted octanol–water partition coefficient (Wildman–Crippen LogP) is 20.0. The molecular weight excluding hydrogens is 988 g/mol. The van der Waals surface area contributed by atoms with Gasteiger partial charge in [-0.25, -0.2) is 0 Å². The van der Waals surface area contributed by atoms with Crippen molar-refractivity contribution >= 4 is 19.7 Å². The van der Waals surface area contributed by atoms with Crippen LogP contribution in [0.3, 0.4) is 0 Å². The molecule has 0 heterocycles. The molecule has 0 aromatic carbocycles. The molecule has 1 amide bonds. The number of unbranched alkanes of at least 4 members (excludes halogenated alkanes) is 36. The number of nitrogens with one attached hydrogen (secondary N) is 1. The minimum atomic E-state index is -4.70. The van der Waals surface area contributed by atoms with Gasteiger partial charge in [0.05, 0.1) is 33.8 Å². The average Bonchev–Trinajstić information content (AvgIpc) is 3.40. The molecule has 1 N–H and O–H groups in total. The van der Waals surface area contributed by atoms with Crippen LogP contribution < -0.4 is 10.2 Å². The van der Waals surface area contributed by atoms with Crippen LogP contribution in [0.25, 0.3) is 0 Å². The van der Waals surface area contributed by atoms with Crippen LogP contribution in [-0.2, 0) is 27.9 Å². The van der Waals surface area contributed by atoms with Crippen molar-refractivity contribution in [3.63, 3.8) is 0 Å². The number of carbonyl (C=O) groups excluding carboxylic acids is 2. The summed E-state index contributed by atoms with van der Waals surface area (Å²) in [6, 6.07) is -0.894. The van der Waals surface area contributed by atoms with Crippen LogP contribution >= 0.6 is 7.82 Å². The molecule has 0 saturated carbocycles. The van der Waals surface area contributed by atoms with E-state index in [9.17, 15) is 19.0 Å². The van der Waals surface area contributed by atoms with E-state index in [1.165, 1.54) is 186 Å². The van der Waals surface area contributed by atoms with Crippen molar-refractivity contribution in [3.05, 3.63) is 60.8 Å². The number of carbonyl (C=O) groups is 2. The van der Waals surface area contributed by atoms with Gasteiger partial charge in [-0.15, -0.1) is 0 Å².